The van der Waals surface area contributed by atoms with Gasteiger partial charge in [0.2, 0.25) is 0 Å². The summed E-state index contributed by atoms with van der Waals surface area (Å²) in [5.41, 5.74) is 0.374. The number of halogens is 3. The topological polar surface area (TPSA) is 53.4 Å². The largest absolute Gasteiger partial charge is 0.389 e. The molecule has 0 fully saturated rings. The number of nitrogens with zero attached hydrogens (tertiary/aromatic N) is 1. The van der Waals surface area contributed by atoms with Crippen molar-refractivity contribution in [3.8, 4) is 0 Å². The third kappa shape index (κ3) is 2.58. The average Bonchev–Trinajstić information content (AvgIpc) is 2.20. The Kier molecular flexibility index (Phi) is 4.60. The Bertz CT molecular complexity index is 324. The van der Waals surface area contributed by atoms with Gasteiger partial charge >= 0.3 is 0 Å². The summed E-state index contributed by atoms with van der Waals surface area (Å²) in [4.78, 5) is 3.74. The minimum Gasteiger partial charge on any atom is -0.389 e. The van der Waals surface area contributed by atoms with Gasteiger partial charge < -0.3 is 10.2 Å². The molecule has 0 bridgehead atoms. The summed E-state index contributed by atoms with van der Waals surface area (Å²) in [6.07, 6.45) is -0.568. The molecule has 0 spiro atoms. The van der Waals surface area contributed by atoms with Crippen molar-refractivity contribution >= 4 is 39.1 Å². The van der Waals surface area contributed by atoms with Gasteiger partial charge in [0.1, 0.15) is 11.3 Å². The maximum atomic E-state index is 9.64. The lowest BCUT2D eigenvalue weighted by Gasteiger charge is -2.17. The molecule has 1 rings (SSSR count). The van der Waals surface area contributed by atoms with E-state index in [4.69, 9.17) is 23.2 Å². The molecule has 6 heteroatoms. The molecule has 0 aliphatic rings. The Morgan fingerprint density at radius 1 is 1.43 bits per heavy atom. The summed E-state index contributed by atoms with van der Waals surface area (Å²) in [5.74, 6) is 0. The predicted molar refractivity (Wildman–Crippen MR) is 59.0 cm³/mol. The molecule has 0 aliphatic heterocycles. The molecule has 2 N–H and O–H groups in total. The van der Waals surface area contributed by atoms with E-state index >= 15 is 0 Å². The Morgan fingerprint density at radius 3 is 2.64 bits per heavy atom. The number of hydrogen-bond acceptors (Lipinski definition) is 3. The number of alkyl halides is 1. The van der Waals surface area contributed by atoms with Crippen LogP contribution in [0, 0.1) is 0 Å². The molecule has 0 radical (unpaired) electrons. The zero-order valence-electron chi connectivity index (χ0n) is 6.99. The second kappa shape index (κ2) is 5.28. The van der Waals surface area contributed by atoms with Crippen LogP contribution in [-0.2, 0) is 0 Å². The quantitative estimate of drug-likeness (QED) is 0.664. The van der Waals surface area contributed by atoms with Gasteiger partial charge in [0.05, 0.1) is 11.1 Å². The monoisotopic (exact) mass is 299 g/mol. The highest BCUT2D eigenvalue weighted by Crippen LogP contribution is 2.29. The van der Waals surface area contributed by atoms with Crippen molar-refractivity contribution in [2.45, 2.75) is 12.2 Å². The van der Waals surface area contributed by atoms with Crippen LogP contribution in [-0.4, -0.2) is 26.6 Å². The number of aliphatic hydroxyl groups is 2. The highest BCUT2D eigenvalue weighted by Gasteiger charge is 2.20. The molecule has 1 aromatic rings. The average molecular weight is 301 g/mol. The molecule has 2 unspecified atom stereocenters. The van der Waals surface area contributed by atoms with Crippen molar-refractivity contribution in [1.82, 2.24) is 4.98 Å². The maximum Gasteiger partial charge on any atom is 0.147 e. The molecule has 0 aromatic carbocycles. The number of aromatic nitrogens is 1. The van der Waals surface area contributed by atoms with Gasteiger partial charge in [-0.1, -0.05) is 39.1 Å². The normalized spacial score (nSPS) is 15.2. The second-order valence-corrected chi connectivity index (χ2v) is 4.05. The lowest BCUT2D eigenvalue weighted by atomic mass is 10.1. The van der Waals surface area contributed by atoms with Crippen LogP contribution in [0.25, 0.3) is 0 Å². The molecule has 0 saturated heterocycles. The first kappa shape index (κ1) is 12.2. The van der Waals surface area contributed by atoms with Gasteiger partial charge in [-0.3, -0.25) is 0 Å². The number of pyridine rings is 1. The Balaban J connectivity index is 3.01. The zero-order chi connectivity index (χ0) is 10.7. The Labute approximate surface area is 99.8 Å². The first-order valence-corrected chi connectivity index (χ1v) is 5.67. The van der Waals surface area contributed by atoms with Crippen LogP contribution in [0.4, 0.5) is 0 Å². The fourth-order valence-electron chi connectivity index (χ4n) is 0.952. The van der Waals surface area contributed by atoms with Crippen LogP contribution in [0.15, 0.2) is 12.3 Å². The van der Waals surface area contributed by atoms with Gasteiger partial charge in [0.15, 0.2) is 0 Å². The summed E-state index contributed by atoms with van der Waals surface area (Å²) < 4.78 is 0. The summed E-state index contributed by atoms with van der Waals surface area (Å²) in [6.45, 7) is 0. The van der Waals surface area contributed by atoms with Crippen molar-refractivity contribution in [2.24, 2.45) is 0 Å². The van der Waals surface area contributed by atoms with E-state index < -0.39 is 12.2 Å². The molecule has 0 amide bonds. The highest BCUT2D eigenvalue weighted by molar-refractivity contribution is 9.09. The Hall–Kier alpha value is 0.130. The summed E-state index contributed by atoms with van der Waals surface area (Å²) >= 11 is 14.5. The fraction of sp³-hybridized carbons (Fsp3) is 0.375. The minimum atomic E-state index is -1.07. The standard InChI is InChI=1S/C8H8BrCl2NO2/c9-3-5(13)7(14)4-1-2-12-8(11)6(4)10/h1-2,5,7,13-14H,3H2. The van der Waals surface area contributed by atoms with Crippen LogP contribution >= 0.6 is 39.1 Å². The molecule has 3 nitrogen and oxygen atoms in total. The lowest BCUT2D eigenvalue weighted by Crippen LogP contribution is -2.19. The molecular formula is C8H8BrCl2NO2. The van der Waals surface area contributed by atoms with Gasteiger partial charge in [-0.2, -0.15) is 0 Å². The van der Waals surface area contributed by atoms with E-state index in [1.165, 1.54) is 12.3 Å². The first-order valence-electron chi connectivity index (χ1n) is 3.80. The SMILES string of the molecule is OC(CBr)C(O)c1ccnc(Cl)c1Cl. The molecule has 1 aromatic heterocycles. The summed E-state index contributed by atoms with van der Waals surface area (Å²) in [5, 5.41) is 19.6. The van der Waals surface area contributed by atoms with Crippen LogP contribution in [0.5, 0.6) is 0 Å². The minimum absolute atomic E-state index is 0.116. The van der Waals surface area contributed by atoms with Gasteiger partial charge in [-0.15, -0.1) is 0 Å². The summed E-state index contributed by atoms with van der Waals surface area (Å²) in [7, 11) is 0. The van der Waals surface area contributed by atoms with Crippen LogP contribution < -0.4 is 0 Å². The highest BCUT2D eigenvalue weighted by atomic mass is 79.9. The number of aliphatic hydroxyl groups excluding tert-OH is 2. The van der Waals surface area contributed by atoms with Crippen LogP contribution in [0.1, 0.15) is 11.7 Å². The molecule has 1 heterocycles. The van der Waals surface area contributed by atoms with Crippen molar-refractivity contribution in [1.29, 1.82) is 0 Å². The van der Waals surface area contributed by atoms with Gasteiger partial charge in [-0.05, 0) is 6.07 Å². The first-order chi connectivity index (χ1) is 6.57. The van der Waals surface area contributed by atoms with Crippen LogP contribution in [0.2, 0.25) is 10.2 Å². The summed E-state index contributed by atoms with van der Waals surface area (Å²) in [6, 6.07) is 1.52. The molecule has 14 heavy (non-hydrogen) atoms. The van der Waals surface area contributed by atoms with E-state index in [-0.39, 0.29) is 15.5 Å². The molecule has 0 saturated carbocycles. The van der Waals surface area contributed by atoms with Gasteiger partial charge in [-0.25, -0.2) is 4.98 Å². The van der Waals surface area contributed by atoms with Crippen molar-refractivity contribution in [3.63, 3.8) is 0 Å². The third-order valence-electron chi connectivity index (χ3n) is 1.72. The van der Waals surface area contributed by atoms with E-state index in [2.05, 4.69) is 20.9 Å². The second-order valence-electron chi connectivity index (χ2n) is 2.67. The van der Waals surface area contributed by atoms with Gasteiger partial charge in [0.25, 0.3) is 0 Å². The van der Waals surface area contributed by atoms with E-state index in [0.29, 0.717) is 5.56 Å². The smallest absolute Gasteiger partial charge is 0.147 e. The van der Waals surface area contributed by atoms with E-state index in [9.17, 15) is 10.2 Å². The van der Waals surface area contributed by atoms with Crippen molar-refractivity contribution in [2.75, 3.05) is 5.33 Å². The molecular weight excluding hydrogens is 293 g/mol. The molecule has 0 aliphatic carbocycles. The zero-order valence-corrected chi connectivity index (χ0v) is 10.1. The van der Waals surface area contributed by atoms with Crippen molar-refractivity contribution in [3.05, 3.63) is 28.0 Å². The molecule has 2 atom stereocenters. The van der Waals surface area contributed by atoms with E-state index in [1.54, 1.807) is 0 Å². The lowest BCUT2D eigenvalue weighted by molar-refractivity contribution is 0.0343. The van der Waals surface area contributed by atoms with E-state index in [0.717, 1.165) is 0 Å². The molecule has 78 valence electrons. The third-order valence-corrected chi connectivity index (χ3v) is 3.16. The number of hydrogen-bond donors (Lipinski definition) is 2. The fourth-order valence-corrected chi connectivity index (χ4v) is 1.70. The Morgan fingerprint density at radius 2 is 2.07 bits per heavy atom. The maximum absolute atomic E-state index is 9.64. The van der Waals surface area contributed by atoms with Crippen molar-refractivity contribution < 1.29 is 10.2 Å². The number of rotatable bonds is 3. The van der Waals surface area contributed by atoms with Gasteiger partial charge in [0, 0.05) is 17.1 Å². The predicted octanol–water partition coefficient (Wildman–Crippen LogP) is 2.18. The van der Waals surface area contributed by atoms with E-state index in [1.807, 2.05) is 0 Å². The van der Waals surface area contributed by atoms with Crippen LogP contribution in [0.3, 0.4) is 0 Å².